The fourth-order valence-corrected chi connectivity index (χ4v) is 5.45. The van der Waals surface area contributed by atoms with Crippen molar-refractivity contribution < 1.29 is 9.42 Å². The Morgan fingerprint density at radius 1 is 0.636 bits per heavy atom. The molecule has 0 aliphatic rings. The van der Waals surface area contributed by atoms with Crippen molar-refractivity contribution in [1.82, 2.24) is 0 Å². The van der Waals surface area contributed by atoms with Crippen LogP contribution < -0.4 is 15.1 Å². The van der Waals surface area contributed by atoms with Crippen LogP contribution in [0.2, 0.25) is 0 Å². The number of benzene rings is 3. The average molecular weight is 310 g/mol. The van der Waals surface area contributed by atoms with Gasteiger partial charge in [0.25, 0.3) is 0 Å². The van der Waals surface area contributed by atoms with Gasteiger partial charge in [0.05, 0.1) is 0 Å². The van der Waals surface area contributed by atoms with E-state index in [0.717, 1.165) is 10.6 Å². The predicted octanol–water partition coefficient (Wildman–Crippen LogP) is 3.72. The molecule has 0 saturated carbocycles. The molecule has 0 spiro atoms. The zero-order chi connectivity index (χ0) is 15.5. The van der Waals surface area contributed by atoms with Gasteiger partial charge in [0.15, 0.2) is 0 Å². The van der Waals surface area contributed by atoms with E-state index in [4.69, 9.17) is 4.52 Å². The third kappa shape index (κ3) is 2.64. The number of para-hydroxylation sites is 1. The van der Waals surface area contributed by atoms with E-state index in [9.17, 15) is 4.89 Å². The van der Waals surface area contributed by atoms with E-state index >= 15 is 0 Å². The Kier molecular flexibility index (Phi) is 3.74. The molecule has 3 heteroatoms. The van der Waals surface area contributed by atoms with Crippen molar-refractivity contribution in [2.45, 2.75) is 0 Å². The Morgan fingerprint density at radius 3 is 1.41 bits per heavy atom. The summed E-state index contributed by atoms with van der Waals surface area (Å²) in [6.07, 6.45) is 0. The summed E-state index contributed by atoms with van der Waals surface area (Å²) in [7, 11) is -3.74. The van der Waals surface area contributed by atoms with Crippen LogP contribution in [0.5, 0.6) is 5.75 Å². The van der Waals surface area contributed by atoms with Crippen LogP contribution in [0.4, 0.5) is 0 Å². The molecule has 3 aromatic carbocycles. The molecule has 0 unspecified atom stereocenters. The standard InChI is InChI=1S/C19H19O2P/c1-22(20,18-13-7-3-8-14-18,19-15-9-4-10-16-19)21-17-11-5-2-6-12-17/h2-16,20H,1H3. The van der Waals surface area contributed by atoms with Crippen LogP contribution in [0, 0.1) is 0 Å². The molecule has 0 fully saturated rings. The third-order valence-electron chi connectivity index (χ3n) is 3.80. The zero-order valence-corrected chi connectivity index (χ0v) is 13.4. The van der Waals surface area contributed by atoms with Gasteiger partial charge >= 0.3 is 130 Å². The van der Waals surface area contributed by atoms with Gasteiger partial charge in [-0.15, -0.1) is 0 Å². The molecule has 3 rings (SSSR count). The van der Waals surface area contributed by atoms with Crippen LogP contribution in [0.1, 0.15) is 0 Å². The molecule has 0 aliphatic carbocycles. The van der Waals surface area contributed by atoms with Crippen LogP contribution in [0.25, 0.3) is 0 Å². The molecular weight excluding hydrogens is 291 g/mol. The molecule has 2 nitrogen and oxygen atoms in total. The second-order valence-electron chi connectivity index (χ2n) is 5.48. The summed E-state index contributed by atoms with van der Waals surface area (Å²) in [6, 6.07) is 28.7. The minimum atomic E-state index is -3.74. The molecule has 3 aromatic rings. The molecule has 112 valence electrons. The SMILES string of the molecule is CP(O)(Oc1ccccc1)(c1ccccc1)c1ccccc1. The maximum absolute atomic E-state index is 11.8. The molecule has 0 amide bonds. The minimum absolute atomic E-state index is 0.665. The van der Waals surface area contributed by atoms with Crippen LogP contribution in [0.3, 0.4) is 0 Å². The van der Waals surface area contributed by atoms with Gasteiger partial charge in [-0.05, 0) is 0 Å². The summed E-state index contributed by atoms with van der Waals surface area (Å²) in [5.74, 6) is 0.665. The molecule has 0 bridgehead atoms. The van der Waals surface area contributed by atoms with Gasteiger partial charge in [0.2, 0.25) is 0 Å². The number of hydrogen-bond donors (Lipinski definition) is 1. The first kappa shape index (κ1) is 14.8. The summed E-state index contributed by atoms with van der Waals surface area (Å²) in [4.78, 5) is 11.8. The van der Waals surface area contributed by atoms with Crippen molar-refractivity contribution in [3.63, 3.8) is 0 Å². The Labute approximate surface area is 131 Å². The second kappa shape index (κ2) is 5.57. The van der Waals surface area contributed by atoms with Crippen LogP contribution in [-0.4, -0.2) is 11.6 Å². The quantitative estimate of drug-likeness (QED) is 0.744. The van der Waals surface area contributed by atoms with Crippen molar-refractivity contribution in [2.24, 2.45) is 0 Å². The van der Waals surface area contributed by atoms with Gasteiger partial charge in [-0.1, -0.05) is 0 Å². The number of rotatable bonds is 4. The molecule has 0 heterocycles. The molecule has 0 atom stereocenters. The Balaban J connectivity index is 2.19. The van der Waals surface area contributed by atoms with E-state index in [1.54, 1.807) is 0 Å². The number of hydrogen-bond acceptors (Lipinski definition) is 2. The Bertz CT molecular complexity index is 697. The fourth-order valence-electron chi connectivity index (χ4n) is 2.55. The summed E-state index contributed by atoms with van der Waals surface area (Å²) in [5.41, 5.74) is 0. The molecular formula is C19H19O2P. The van der Waals surface area contributed by atoms with Crippen molar-refractivity contribution in [3.8, 4) is 5.75 Å². The van der Waals surface area contributed by atoms with Gasteiger partial charge in [0.1, 0.15) is 0 Å². The van der Waals surface area contributed by atoms with Crippen molar-refractivity contribution in [2.75, 3.05) is 6.66 Å². The topological polar surface area (TPSA) is 29.5 Å². The van der Waals surface area contributed by atoms with Crippen LogP contribution in [-0.2, 0) is 0 Å². The van der Waals surface area contributed by atoms with Gasteiger partial charge in [-0.25, -0.2) is 0 Å². The summed E-state index contributed by atoms with van der Waals surface area (Å²) >= 11 is 0. The van der Waals surface area contributed by atoms with E-state index in [0.29, 0.717) is 5.75 Å². The molecule has 0 saturated heterocycles. The maximum atomic E-state index is 11.8. The Morgan fingerprint density at radius 2 is 1.00 bits per heavy atom. The first-order chi connectivity index (χ1) is 10.6. The average Bonchev–Trinajstić information content (AvgIpc) is 2.57. The molecule has 0 radical (unpaired) electrons. The molecule has 0 aromatic heterocycles. The summed E-state index contributed by atoms with van der Waals surface area (Å²) in [5, 5.41) is 1.62. The van der Waals surface area contributed by atoms with Gasteiger partial charge in [-0.3, -0.25) is 0 Å². The van der Waals surface area contributed by atoms with Gasteiger partial charge in [0, 0.05) is 0 Å². The van der Waals surface area contributed by atoms with E-state index in [1.807, 2.05) is 97.7 Å². The predicted molar refractivity (Wildman–Crippen MR) is 94.3 cm³/mol. The van der Waals surface area contributed by atoms with E-state index in [2.05, 4.69) is 0 Å². The molecule has 0 aliphatic heterocycles. The van der Waals surface area contributed by atoms with Crippen molar-refractivity contribution >= 4 is 17.7 Å². The first-order valence-corrected chi connectivity index (χ1v) is 9.77. The Hall–Kier alpha value is -2.15. The monoisotopic (exact) mass is 310 g/mol. The van der Waals surface area contributed by atoms with Crippen LogP contribution in [0.15, 0.2) is 91.0 Å². The van der Waals surface area contributed by atoms with Crippen molar-refractivity contribution in [1.29, 1.82) is 0 Å². The molecule has 22 heavy (non-hydrogen) atoms. The first-order valence-electron chi connectivity index (χ1n) is 7.21. The summed E-state index contributed by atoms with van der Waals surface area (Å²) in [6.45, 7) is 1.82. The molecule has 1 N–H and O–H groups in total. The van der Waals surface area contributed by atoms with E-state index in [-0.39, 0.29) is 0 Å². The normalized spacial score (nSPS) is 13.1. The summed E-state index contributed by atoms with van der Waals surface area (Å²) < 4.78 is 6.25. The van der Waals surface area contributed by atoms with Gasteiger partial charge < -0.3 is 0 Å². The van der Waals surface area contributed by atoms with Crippen LogP contribution >= 0.6 is 7.06 Å². The van der Waals surface area contributed by atoms with E-state index < -0.39 is 7.06 Å². The second-order valence-corrected chi connectivity index (χ2v) is 9.51. The van der Waals surface area contributed by atoms with E-state index in [1.165, 1.54) is 0 Å². The third-order valence-corrected chi connectivity index (χ3v) is 7.49. The fraction of sp³-hybridized carbons (Fsp3) is 0.0526. The van der Waals surface area contributed by atoms with Crippen molar-refractivity contribution in [3.05, 3.63) is 91.0 Å². The zero-order valence-electron chi connectivity index (χ0n) is 12.5. The van der Waals surface area contributed by atoms with Gasteiger partial charge in [-0.2, -0.15) is 0 Å².